The van der Waals surface area contributed by atoms with Crippen LogP contribution in [0.2, 0.25) is 0 Å². The van der Waals surface area contributed by atoms with Crippen LogP contribution in [0.15, 0.2) is 6.20 Å². The van der Waals surface area contributed by atoms with Crippen molar-refractivity contribution in [3.8, 4) is 0 Å². The van der Waals surface area contributed by atoms with Gasteiger partial charge in [0, 0.05) is 24.1 Å². The van der Waals surface area contributed by atoms with Gasteiger partial charge in [-0.25, -0.2) is 0 Å². The zero-order valence-corrected chi connectivity index (χ0v) is 11.8. The van der Waals surface area contributed by atoms with E-state index in [0.29, 0.717) is 5.56 Å². The molecule has 0 radical (unpaired) electrons. The predicted octanol–water partition coefficient (Wildman–Crippen LogP) is 2.02. The van der Waals surface area contributed by atoms with Gasteiger partial charge in [0.25, 0.3) is 5.91 Å². The van der Waals surface area contributed by atoms with Gasteiger partial charge in [-0.1, -0.05) is 22.9 Å². The lowest BCUT2D eigenvalue weighted by molar-refractivity contribution is 0.0912. The number of aromatic nitrogens is 2. The molecule has 4 nitrogen and oxygen atoms in total. The lowest BCUT2D eigenvalue weighted by atomic mass is 10.0. The van der Waals surface area contributed by atoms with Crippen LogP contribution in [0.3, 0.4) is 0 Å². The number of halogens is 1. The quantitative estimate of drug-likeness (QED) is 0.862. The maximum Gasteiger partial charge on any atom is 0.255 e. The molecule has 0 aliphatic heterocycles. The fourth-order valence-electron chi connectivity index (χ4n) is 1.38. The topological polar surface area (TPSA) is 46.9 Å². The number of alkyl halides is 1. The van der Waals surface area contributed by atoms with Gasteiger partial charge in [0.2, 0.25) is 0 Å². The Morgan fingerprint density at radius 2 is 2.31 bits per heavy atom. The van der Waals surface area contributed by atoms with Crippen LogP contribution < -0.4 is 5.32 Å². The molecule has 1 aromatic heterocycles. The van der Waals surface area contributed by atoms with E-state index in [1.54, 1.807) is 10.9 Å². The highest BCUT2D eigenvalue weighted by Crippen LogP contribution is 2.14. The molecule has 0 bridgehead atoms. The summed E-state index contributed by atoms with van der Waals surface area (Å²) in [6, 6.07) is 0. The molecular formula is C11H18BrN3O. The third kappa shape index (κ3) is 2.84. The molecule has 0 saturated heterocycles. The fraction of sp³-hybridized carbons (Fsp3) is 0.636. The smallest absolute Gasteiger partial charge is 0.255 e. The molecule has 1 rings (SSSR count). The first-order valence-corrected chi connectivity index (χ1v) is 6.42. The van der Waals surface area contributed by atoms with Crippen molar-refractivity contribution in [2.45, 2.75) is 32.7 Å². The summed E-state index contributed by atoms with van der Waals surface area (Å²) >= 11 is 3.42. The molecule has 0 saturated carbocycles. The van der Waals surface area contributed by atoms with Gasteiger partial charge in [-0.2, -0.15) is 5.10 Å². The second kappa shape index (κ2) is 4.99. The zero-order valence-electron chi connectivity index (χ0n) is 10.2. The number of nitrogens with one attached hydrogen (secondary N) is 1. The number of hydrogen-bond donors (Lipinski definition) is 1. The van der Waals surface area contributed by atoms with E-state index in [1.165, 1.54) is 0 Å². The van der Waals surface area contributed by atoms with Crippen LogP contribution in [0.4, 0.5) is 0 Å². The molecule has 0 aliphatic rings. The summed E-state index contributed by atoms with van der Waals surface area (Å²) in [7, 11) is 1.81. The fourth-order valence-corrected chi connectivity index (χ4v) is 1.92. The van der Waals surface area contributed by atoms with Crippen molar-refractivity contribution in [1.82, 2.24) is 15.1 Å². The van der Waals surface area contributed by atoms with E-state index in [4.69, 9.17) is 0 Å². The van der Waals surface area contributed by atoms with Gasteiger partial charge in [0.05, 0.1) is 11.3 Å². The Morgan fingerprint density at radius 3 is 2.69 bits per heavy atom. The van der Waals surface area contributed by atoms with Gasteiger partial charge in [-0.05, 0) is 20.3 Å². The van der Waals surface area contributed by atoms with E-state index in [0.717, 1.165) is 17.4 Å². The van der Waals surface area contributed by atoms with E-state index < -0.39 is 0 Å². The molecule has 1 amide bonds. The van der Waals surface area contributed by atoms with E-state index in [1.807, 2.05) is 20.9 Å². The Labute approximate surface area is 105 Å². The average Bonchev–Trinajstić information content (AvgIpc) is 2.57. The minimum Gasteiger partial charge on any atom is -0.346 e. The van der Waals surface area contributed by atoms with Crippen LogP contribution in [-0.4, -0.2) is 26.6 Å². The minimum absolute atomic E-state index is 0.0607. The molecule has 1 heterocycles. The third-order valence-corrected chi connectivity index (χ3v) is 3.99. The van der Waals surface area contributed by atoms with Gasteiger partial charge in [-0.3, -0.25) is 9.48 Å². The van der Waals surface area contributed by atoms with E-state index >= 15 is 0 Å². The maximum absolute atomic E-state index is 12.0. The van der Waals surface area contributed by atoms with E-state index in [9.17, 15) is 4.79 Å². The zero-order chi connectivity index (χ0) is 12.3. The number of rotatable bonds is 4. The van der Waals surface area contributed by atoms with Gasteiger partial charge >= 0.3 is 0 Å². The van der Waals surface area contributed by atoms with Crippen molar-refractivity contribution in [2.24, 2.45) is 7.05 Å². The Kier molecular flexibility index (Phi) is 4.13. The molecule has 1 atom stereocenters. The molecule has 5 heteroatoms. The van der Waals surface area contributed by atoms with Crippen molar-refractivity contribution in [2.75, 3.05) is 5.33 Å². The summed E-state index contributed by atoms with van der Waals surface area (Å²) in [5.74, 6) is -0.0607. The third-order valence-electron chi connectivity index (χ3n) is 2.75. The van der Waals surface area contributed by atoms with Gasteiger partial charge < -0.3 is 5.32 Å². The van der Waals surface area contributed by atoms with Gasteiger partial charge in [0.1, 0.15) is 0 Å². The highest BCUT2D eigenvalue weighted by atomic mass is 79.9. The number of nitrogens with zero attached hydrogens (tertiary/aromatic N) is 2. The van der Waals surface area contributed by atoms with Crippen LogP contribution in [0.5, 0.6) is 0 Å². The first-order valence-electron chi connectivity index (χ1n) is 5.30. The molecule has 1 N–H and O–H groups in total. The number of carbonyl (C=O) groups is 1. The van der Waals surface area contributed by atoms with Crippen LogP contribution in [0, 0.1) is 6.92 Å². The second-order valence-electron chi connectivity index (χ2n) is 4.30. The Hall–Kier alpha value is -0.840. The lowest BCUT2D eigenvalue weighted by Crippen LogP contribution is -2.47. The lowest BCUT2D eigenvalue weighted by Gasteiger charge is -2.27. The molecule has 0 aromatic carbocycles. The summed E-state index contributed by atoms with van der Waals surface area (Å²) in [4.78, 5) is 12.0. The minimum atomic E-state index is -0.209. The Bertz CT molecular complexity index is 383. The first kappa shape index (κ1) is 13.2. The van der Waals surface area contributed by atoms with Crippen LogP contribution >= 0.6 is 15.9 Å². The van der Waals surface area contributed by atoms with Crippen LogP contribution in [-0.2, 0) is 7.05 Å². The van der Waals surface area contributed by atoms with E-state index in [2.05, 4.69) is 33.3 Å². The first-order chi connectivity index (χ1) is 7.41. The largest absolute Gasteiger partial charge is 0.346 e. The maximum atomic E-state index is 12.0. The van der Waals surface area contributed by atoms with Gasteiger partial charge in [-0.15, -0.1) is 0 Å². The van der Waals surface area contributed by atoms with Crippen molar-refractivity contribution in [3.63, 3.8) is 0 Å². The highest BCUT2D eigenvalue weighted by molar-refractivity contribution is 9.09. The highest BCUT2D eigenvalue weighted by Gasteiger charge is 2.24. The number of amides is 1. The van der Waals surface area contributed by atoms with Gasteiger partial charge in [0.15, 0.2) is 0 Å². The molecule has 90 valence electrons. The van der Waals surface area contributed by atoms with Crippen LogP contribution in [0.25, 0.3) is 0 Å². The molecule has 16 heavy (non-hydrogen) atoms. The summed E-state index contributed by atoms with van der Waals surface area (Å²) < 4.78 is 1.65. The number of hydrogen-bond acceptors (Lipinski definition) is 2. The van der Waals surface area contributed by atoms with Crippen molar-refractivity contribution >= 4 is 21.8 Å². The number of carbonyl (C=O) groups excluding carboxylic acids is 1. The predicted molar refractivity (Wildman–Crippen MR) is 67.9 cm³/mol. The summed E-state index contributed by atoms with van der Waals surface area (Å²) in [6.45, 7) is 5.91. The standard InChI is InChI=1S/C11H18BrN3O/c1-5-11(3,7-12)13-10(16)9-6-15(4)14-8(9)2/h6H,5,7H2,1-4H3,(H,13,16). The Balaban J connectivity index is 2.84. The molecule has 0 spiro atoms. The summed E-state index contributed by atoms with van der Waals surface area (Å²) in [5.41, 5.74) is 1.19. The molecule has 1 aromatic rings. The van der Waals surface area contributed by atoms with E-state index in [-0.39, 0.29) is 11.4 Å². The van der Waals surface area contributed by atoms with Crippen molar-refractivity contribution in [3.05, 3.63) is 17.5 Å². The summed E-state index contributed by atoms with van der Waals surface area (Å²) in [6.07, 6.45) is 2.62. The summed E-state index contributed by atoms with van der Waals surface area (Å²) in [5, 5.41) is 7.92. The molecule has 0 aliphatic carbocycles. The molecule has 0 fully saturated rings. The Morgan fingerprint density at radius 1 is 1.69 bits per heavy atom. The van der Waals surface area contributed by atoms with Crippen molar-refractivity contribution in [1.29, 1.82) is 0 Å². The molecular weight excluding hydrogens is 270 g/mol. The SMILES string of the molecule is CCC(C)(CBr)NC(=O)c1cn(C)nc1C. The monoisotopic (exact) mass is 287 g/mol. The average molecular weight is 288 g/mol. The molecule has 1 unspecified atom stereocenters. The second-order valence-corrected chi connectivity index (χ2v) is 4.86. The van der Waals surface area contributed by atoms with Crippen LogP contribution in [0.1, 0.15) is 36.3 Å². The number of aryl methyl sites for hydroxylation is 2. The normalized spacial score (nSPS) is 14.6. The van der Waals surface area contributed by atoms with Crippen molar-refractivity contribution < 1.29 is 4.79 Å².